The average molecular weight is 269 g/mol. The van der Waals surface area contributed by atoms with Crippen LogP contribution in [0.15, 0.2) is 18.2 Å². The summed E-state index contributed by atoms with van der Waals surface area (Å²) in [6.45, 7) is 0.720. The lowest BCUT2D eigenvalue weighted by atomic mass is 10.2. The molecule has 1 aromatic carbocycles. The summed E-state index contributed by atoms with van der Waals surface area (Å²) >= 11 is 5.87. The zero-order chi connectivity index (χ0) is 13.0. The van der Waals surface area contributed by atoms with Crippen molar-refractivity contribution in [3.63, 3.8) is 0 Å². The molecule has 4 nitrogen and oxygen atoms in total. The maximum atomic E-state index is 11.5. The number of rotatable bonds is 6. The van der Waals surface area contributed by atoms with Gasteiger partial charge in [-0.05, 0) is 31.0 Å². The van der Waals surface area contributed by atoms with Crippen molar-refractivity contribution in [1.29, 1.82) is 0 Å². The Morgan fingerprint density at radius 1 is 1.50 bits per heavy atom. The first-order valence-corrected chi connectivity index (χ1v) is 6.47. The van der Waals surface area contributed by atoms with Crippen LogP contribution in [0.2, 0.25) is 5.02 Å². The predicted octanol–water partition coefficient (Wildman–Crippen LogP) is 1.85. The fourth-order valence-corrected chi connectivity index (χ4v) is 1.82. The molecule has 0 spiro atoms. The molecular weight excluding hydrogens is 252 g/mol. The van der Waals surface area contributed by atoms with Gasteiger partial charge in [0.25, 0.3) is 0 Å². The van der Waals surface area contributed by atoms with E-state index in [9.17, 15) is 4.79 Å². The van der Waals surface area contributed by atoms with Gasteiger partial charge >= 0.3 is 0 Å². The van der Waals surface area contributed by atoms with Crippen LogP contribution in [0.1, 0.15) is 24.8 Å². The molecule has 0 heterocycles. The van der Waals surface area contributed by atoms with Crippen molar-refractivity contribution in [3.8, 4) is 5.75 Å². The number of benzene rings is 1. The summed E-state index contributed by atoms with van der Waals surface area (Å²) in [5, 5.41) is 3.55. The SMILES string of the molecule is NCc1cc(Cl)ccc1OCCC(=O)NC1CC1. The van der Waals surface area contributed by atoms with Crippen LogP contribution in [0.4, 0.5) is 0 Å². The van der Waals surface area contributed by atoms with Crippen LogP contribution in [0.25, 0.3) is 0 Å². The molecular formula is C13H17ClN2O2. The predicted molar refractivity (Wildman–Crippen MR) is 70.6 cm³/mol. The van der Waals surface area contributed by atoms with Gasteiger partial charge in [-0.25, -0.2) is 0 Å². The highest BCUT2D eigenvalue weighted by molar-refractivity contribution is 6.30. The monoisotopic (exact) mass is 268 g/mol. The van der Waals surface area contributed by atoms with Crippen molar-refractivity contribution in [1.82, 2.24) is 5.32 Å². The molecule has 98 valence electrons. The van der Waals surface area contributed by atoms with Crippen molar-refractivity contribution in [2.45, 2.75) is 31.8 Å². The minimum Gasteiger partial charge on any atom is -0.493 e. The fraction of sp³-hybridized carbons (Fsp3) is 0.462. The molecule has 2 rings (SSSR count). The highest BCUT2D eigenvalue weighted by Crippen LogP contribution is 2.22. The molecule has 3 N–H and O–H groups in total. The second-order valence-electron chi connectivity index (χ2n) is 4.40. The lowest BCUT2D eigenvalue weighted by molar-refractivity contribution is -0.121. The van der Waals surface area contributed by atoms with Crippen LogP contribution >= 0.6 is 11.6 Å². The van der Waals surface area contributed by atoms with E-state index < -0.39 is 0 Å². The van der Waals surface area contributed by atoms with Gasteiger partial charge in [-0.1, -0.05) is 11.6 Å². The molecule has 0 unspecified atom stereocenters. The topological polar surface area (TPSA) is 64.3 Å². The molecule has 0 atom stereocenters. The van der Waals surface area contributed by atoms with Gasteiger partial charge in [-0.2, -0.15) is 0 Å². The second kappa shape index (κ2) is 6.07. The second-order valence-corrected chi connectivity index (χ2v) is 4.83. The molecule has 1 aromatic rings. The third kappa shape index (κ3) is 3.89. The quantitative estimate of drug-likeness (QED) is 0.828. The number of nitrogens with two attached hydrogens (primary N) is 1. The van der Waals surface area contributed by atoms with E-state index in [1.165, 1.54) is 0 Å². The summed E-state index contributed by atoms with van der Waals surface area (Å²) in [6, 6.07) is 5.71. The molecule has 0 radical (unpaired) electrons. The Labute approximate surface area is 111 Å². The van der Waals surface area contributed by atoms with Gasteiger partial charge in [0, 0.05) is 23.2 Å². The summed E-state index contributed by atoms with van der Waals surface area (Å²) < 4.78 is 5.56. The molecule has 1 amide bonds. The fourth-order valence-electron chi connectivity index (χ4n) is 1.63. The van der Waals surface area contributed by atoms with Crippen LogP contribution in [-0.2, 0) is 11.3 Å². The van der Waals surface area contributed by atoms with Gasteiger partial charge in [-0.15, -0.1) is 0 Å². The Kier molecular flexibility index (Phi) is 4.44. The summed E-state index contributed by atoms with van der Waals surface area (Å²) in [5.41, 5.74) is 6.46. The van der Waals surface area contributed by atoms with Gasteiger partial charge < -0.3 is 15.8 Å². The van der Waals surface area contributed by atoms with Gasteiger partial charge in [-0.3, -0.25) is 4.79 Å². The van der Waals surface area contributed by atoms with Crippen molar-refractivity contribution in [3.05, 3.63) is 28.8 Å². The first-order valence-electron chi connectivity index (χ1n) is 6.09. The minimum atomic E-state index is 0.0424. The first-order chi connectivity index (χ1) is 8.69. The third-order valence-electron chi connectivity index (χ3n) is 2.77. The summed E-state index contributed by atoms with van der Waals surface area (Å²) in [5.74, 6) is 0.738. The van der Waals surface area contributed by atoms with Crippen molar-refractivity contribution < 1.29 is 9.53 Å². The van der Waals surface area contributed by atoms with Crippen molar-refractivity contribution in [2.75, 3.05) is 6.61 Å². The maximum absolute atomic E-state index is 11.5. The van der Waals surface area contributed by atoms with Crippen LogP contribution in [-0.4, -0.2) is 18.6 Å². The first kappa shape index (κ1) is 13.2. The average Bonchev–Trinajstić information content (AvgIpc) is 3.14. The van der Waals surface area contributed by atoms with E-state index in [2.05, 4.69) is 5.32 Å². The zero-order valence-corrected chi connectivity index (χ0v) is 10.9. The summed E-state index contributed by atoms with van der Waals surface area (Å²) in [4.78, 5) is 11.5. The van der Waals surface area contributed by atoms with Crippen LogP contribution in [0, 0.1) is 0 Å². The highest BCUT2D eigenvalue weighted by Gasteiger charge is 2.22. The molecule has 0 aromatic heterocycles. The van der Waals surface area contributed by atoms with Gasteiger partial charge in [0.15, 0.2) is 0 Å². The van der Waals surface area contributed by atoms with E-state index in [1.807, 2.05) is 0 Å². The lowest BCUT2D eigenvalue weighted by Crippen LogP contribution is -2.26. The maximum Gasteiger partial charge on any atom is 0.223 e. The molecule has 1 aliphatic carbocycles. The Balaban J connectivity index is 1.79. The molecule has 1 fully saturated rings. The smallest absolute Gasteiger partial charge is 0.223 e. The Morgan fingerprint density at radius 2 is 2.28 bits per heavy atom. The minimum absolute atomic E-state index is 0.0424. The van der Waals surface area contributed by atoms with E-state index in [1.54, 1.807) is 18.2 Å². The Hall–Kier alpha value is -1.26. The van der Waals surface area contributed by atoms with Gasteiger partial charge in [0.2, 0.25) is 5.91 Å². The normalized spacial score (nSPS) is 14.3. The molecule has 0 saturated heterocycles. The van der Waals surface area contributed by atoms with Gasteiger partial charge in [0.05, 0.1) is 13.0 Å². The molecule has 1 aliphatic rings. The van der Waals surface area contributed by atoms with E-state index in [0.29, 0.717) is 36.4 Å². The molecule has 18 heavy (non-hydrogen) atoms. The number of hydrogen-bond donors (Lipinski definition) is 2. The third-order valence-corrected chi connectivity index (χ3v) is 3.01. The van der Waals surface area contributed by atoms with E-state index >= 15 is 0 Å². The number of halogens is 1. The van der Waals surface area contributed by atoms with Crippen LogP contribution in [0.5, 0.6) is 5.75 Å². The largest absolute Gasteiger partial charge is 0.493 e. The molecule has 5 heteroatoms. The van der Waals surface area contributed by atoms with Crippen LogP contribution < -0.4 is 15.8 Å². The summed E-state index contributed by atoms with van der Waals surface area (Å²) in [7, 11) is 0. The number of hydrogen-bond acceptors (Lipinski definition) is 3. The Morgan fingerprint density at radius 3 is 2.94 bits per heavy atom. The van der Waals surface area contributed by atoms with Crippen molar-refractivity contribution >= 4 is 17.5 Å². The number of amides is 1. The summed E-state index contributed by atoms with van der Waals surface area (Å²) in [6.07, 6.45) is 2.56. The van der Waals surface area contributed by atoms with Crippen LogP contribution in [0.3, 0.4) is 0 Å². The number of carbonyl (C=O) groups is 1. The van der Waals surface area contributed by atoms with E-state index in [4.69, 9.17) is 22.1 Å². The Bertz CT molecular complexity index is 433. The molecule has 0 aliphatic heterocycles. The lowest BCUT2D eigenvalue weighted by Gasteiger charge is -2.10. The van der Waals surface area contributed by atoms with E-state index in [0.717, 1.165) is 18.4 Å². The number of nitrogens with one attached hydrogen (secondary N) is 1. The molecule has 1 saturated carbocycles. The van der Waals surface area contributed by atoms with Gasteiger partial charge in [0.1, 0.15) is 5.75 Å². The van der Waals surface area contributed by atoms with Crippen molar-refractivity contribution in [2.24, 2.45) is 5.73 Å². The zero-order valence-electron chi connectivity index (χ0n) is 10.1. The molecule has 0 bridgehead atoms. The number of ether oxygens (including phenoxy) is 1. The standard InChI is InChI=1S/C13H17ClN2O2/c14-10-1-4-12(9(7-10)8-15)18-6-5-13(17)16-11-2-3-11/h1,4,7,11H,2-3,5-6,8,15H2,(H,16,17). The number of carbonyl (C=O) groups excluding carboxylic acids is 1. The highest BCUT2D eigenvalue weighted by atomic mass is 35.5. The van der Waals surface area contributed by atoms with E-state index in [-0.39, 0.29) is 5.91 Å².